The molecule has 3 N–H and O–H groups in total. The number of benzene rings is 2. The van der Waals surface area contributed by atoms with E-state index in [0.29, 0.717) is 34.6 Å². The molecule has 1 aliphatic heterocycles. The highest BCUT2D eigenvalue weighted by Crippen LogP contribution is 2.48. The Morgan fingerprint density at radius 3 is 2.51 bits per heavy atom. The van der Waals surface area contributed by atoms with Gasteiger partial charge in [-0.3, -0.25) is 19.4 Å². The molecule has 11 nitrogen and oxygen atoms in total. The summed E-state index contributed by atoms with van der Waals surface area (Å²) in [6.45, 7) is 0.107. The van der Waals surface area contributed by atoms with E-state index in [9.17, 15) is 23.1 Å². The number of aliphatic hydroxyl groups excluding tert-OH is 1. The topological polar surface area (TPSA) is 147 Å². The van der Waals surface area contributed by atoms with E-state index in [1.807, 2.05) is 12.1 Å². The number of amides is 1. The van der Waals surface area contributed by atoms with Crippen LogP contribution in [0.5, 0.6) is 0 Å². The second-order valence-electron chi connectivity index (χ2n) is 11.4. The zero-order valence-electron chi connectivity index (χ0n) is 25.1. The maximum Gasteiger partial charge on any atom is 0.309 e. The number of nitrogens with zero attached hydrogens (tertiary/aromatic N) is 2. The standard InChI is InChI=1S/C32H37ClN4O7S/c1-43-28(38)17-20-11-13-21(14-12-20)19-44-35-31(39)29-22-7-3-4-8-23(22)32(40)37(30(29)24-15-16-34-18-25(24)33)27-10-6-5-9-26(27)36-45(2,41)42/h3-4,7-8,11-16,18,26-27,29-31,35-36,39H,5-6,9-10,17,19H2,1-2H3/t26-,27-,29+,30-,31?/m0/s1. The number of carbonyl (C=O) groups is 2. The molecule has 45 heavy (non-hydrogen) atoms. The Balaban J connectivity index is 1.48. The van der Waals surface area contributed by atoms with Crippen molar-refractivity contribution in [2.75, 3.05) is 13.4 Å². The average Bonchev–Trinajstić information content (AvgIpc) is 3.02. The van der Waals surface area contributed by atoms with Gasteiger partial charge in [0, 0.05) is 30.0 Å². The van der Waals surface area contributed by atoms with Crippen LogP contribution in [0.25, 0.3) is 0 Å². The molecule has 0 spiro atoms. The van der Waals surface area contributed by atoms with E-state index in [0.717, 1.165) is 30.2 Å². The first-order chi connectivity index (χ1) is 21.6. The van der Waals surface area contributed by atoms with Gasteiger partial charge in [0.05, 0.1) is 43.4 Å². The van der Waals surface area contributed by atoms with E-state index in [1.165, 1.54) is 13.3 Å². The number of fused-ring (bicyclic) bond motifs is 1. The summed E-state index contributed by atoms with van der Waals surface area (Å²) < 4.78 is 32.2. The molecule has 13 heteroatoms. The zero-order valence-corrected chi connectivity index (χ0v) is 26.6. The molecule has 5 atom stereocenters. The van der Waals surface area contributed by atoms with Gasteiger partial charge in [0.2, 0.25) is 10.0 Å². The molecule has 1 unspecified atom stereocenters. The SMILES string of the molecule is COC(=O)Cc1ccc(CONC(O)[C@@H]2c3ccccc3C(=O)N([C@H]3CCCC[C@@H]3NS(C)(=O)=O)[C@H]2c2ccncc2Cl)cc1. The van der Waals surface area contributed by atoms with Gasteiger partial charge >= 0.3 is 5.97 Å². The molecule has 3 aromatic rings. The number of aromatic nitrogens is 1. The summed E-state index contributed by atoms with van der Waals surface area (Å²) in [6, 6.07) is 14.3. The lowest BCUT2D eigenvalue weighted by Crippen LogP contribution is -2.59. The highest BCUT2D eigenvalue weighted by molar-refractivity contribution is 7.88. The van der Waals surface area contributed by atoms with E-state index in [2.05, 4.69) is 15.2 Å². The van der Waals surface area contributed by atoms with Gasteiger partial charge < -0.3 is 14.7 Å². The molecule has 0 saturated heterocycles. The van der Waals surface area contributed by atoms with Gasteiger partial charge in [-0.15, -0.1) is 0 Å². The summed E-state index contributed by atoms with van der Waals surface area (Å²) in [5.41, 5.74) is 5.97. The number of sulfonamides is 1. The van der Waals surface area contributed by atoms with Crippen molar-refractivity contribution in [3.8, 4) is 0 Å². The van der Waals surface area contributed by atoms with Crippen LogP contribution in [0.2, 0.25) is 5.02 Å². The Labute approximate surface area is 267 Å². The number of aliphatic hydroxyl groups is 1. The van der Waals surface area contributed by atoms with Crippen LogP contribution in [0.1, 0.15) is 70.3 Å². The maximum absolute atomic E-state index is 14.3. The number of hydrogen-bond donors (Lipinski definition) is 3. The summed E-state index contributed by atoms with van der Waals surface area (Å²) in [6.07, 6.45) is 5.79. The maximum atomic E-state index is 14.3. The van der Waals surface area contributed by atoms with Crippen LogP contribution in [-0.4, -0.2) is 67.0 Å². The van der Waals surface area contributed by atoms with Gasteiger partial charge in [-0.05, 0) is 47.2 Å². The second kappa shape index (κ2) is 14.4. The fourth-order valence-corrected chi connectivity index (χ4v) is 7.45. The molecular formula is C32H37ClN4O7S. The first-order valence-electron chi connectivity index (χ1n) is 14.8. The molecular weight excluding hydrogens is 620 g/mol. The highest BCUT2D eigenvalue weighted by Gasteiger charge is 2.49. The molecule has 1 amide bonds. The van der Waals surface area contributed by atoms with Gasteiger partial charge in [0.1, 0.15) is 6.23 Å². The molecule has 2 aromatic carbocycles. The van der Waals surface area contributed by atoms with Gasteiger partial charge in [-0.1, -0.05) is 66.9 Å². The van der Waals surface area contributed by atoms with Crippen molar-refractivity contribution in [3.63, 3.8) is 0 Å². The number of pyridine rings is 1. The van der Waals surface area contributed by atoms with Crippen molar-refractivity contribution in [1.29, 1.82) is 0 Å². The minimum atomic E-state index is -3.57. The van der Waals surface area contributed by atoms with Crippen molar-refractivity contribution < 1.29 is 32.7 Å². The second-order valence-corrected chi connectivity index (χ2v) is 13.6. The van der Waals surface area contributed by atoms with E-state index in [-0.39, 0.29) is 24.9 Å². The first-order valence-corrected chi connectivity index (χ1v) is 17.0. The van der Waals surface area contributed by atoms with Crippen LogP contribution >= 0.6 is 11.6 Å². The predicted molar refractivity (Wildman–Crippen MR) is 167 cm³/mol. The molecule has 0 radical (unpaired) electrons. The van der Waals surface area contributed by atoms with Crippen LogP contribution < -0.4 is 10.2 Å². The third-order valence-corrected chi connectivity index (χ3v) is 9.43. The lowest BCUT2D eigenvalue weighted by atomic mass is 9.76. The lowest BCUT2D eigenvalue weighted by Gasteiger charge is -2.50. The van der Waals surface area contributed by atoms with Crippen molar-refractivity contribution in [1.82, 2.24) is 20.1 Å². The summed E-state index contributed by atoms with van der Waals surface area (Å²) >= 11 is 6.71. The fourth-order valence-electron chi connectivity index (χ4n) is 6.39. The van der Waals surface area contributed by atoms with Crippen LogP contribution in [0.4, 0.5) is 0 Å². The number of esters is 1. The minimum absolute atomic E-state index is 0.107. The number of hydroxylamine groups is 1. The average molecular weight is 657 g/mol. The third-order valence-electron chi connectivity index (χ3n) is 8.38. The Morgan fingerprint density at radius 1 is 1.09 bits per heavy atom. The van der Waals surface area contributed by atoms with Crippen molar-refractivity contribution in [2.24, 2.45) is 0 Å². The molecule has 5 rings (SSSR count). The smallest absolute Gasteiger partial charge is 0.309 e. The number of halogens is 1. The largest absolute Gasteiger partial charge is 0.469 e. The predicted octanol–water partition coefficient (Wildman–Crippen LogP) is 3.63. The fraction of sp³-hybridized carbons (Fsp3) is 0.406. The van der Waals surface area contributed by atoms with Crippen LogP contribution in [-0.2, 0) is 37.4 Å². The monoisotopic (exact) mass is 656 g/mol. The highest BCUT2D eigenvalue weighted by atomic mass is 35.5. The molecule has 2 aliphatic rings. The Bertz CT molecular complexity index is 1620. The number of rotatable bonds is 11. The Morgan fingerprint density at radius 2 is 1.80 bits per heavy atom. The van der Waals surface area contributed by atoms with E-state index in [1.54, 1.807) is 53.6 Å². The Kier molecular flexibility index (Phi) is 10.5. The quantitative estimate of drug-likeness (QED) is 0.160. The normalized spacial score (nSPS) is 22.5. The van der Waals surface area contributed by atoms with Crippen molar-refractivity contribution >= 4 is 33.5 Å². The van der Waals surface area contributed by atoms with Gasteiger partial charge in [0.25, 0.3) is 5.91 Å². The molecule has 2 heterocycles. The van der Waals surface area contributed by atoms with Crippen LogP contribution in [0.3, 0.4) is 0 Å². The van der Waals surface area contributed by atoms with Crippen molar-refractivity contribution in [2.45, 2.75) is 69.0 Å². The number of nitrogens with one attached hydrogen (secondary N) is 2. The van der Waals surface area contributed by atoms with Gasteiger partial charge in [-0.25, -0.2) is 13.1 Å². The molecule has 1 saturated carbocycles. The summed E-state index contributed by atoms with van der Waals surface area (Å²) in [7, 11) is -2.23. The third kappa shape index (κ3) is 7.71. The Hall–Kier alpha value is -3.39. The molecule has 1 aliphatic carbocycles. The van der Waals surface area contributed by atoms with Crippen LogP contribution in [0.15, 0.2) is 67.0 Å². The number of ether oxygens (including phenoxy) is 1. The first kappa shape index (κ1) is 33.0. The molecule has 1 fully saturated rings. The number of methoxy groups -OCH3 is 1. The molecule has 1 aromatic heterocycles. The van der Waals surface area contributed by atoms with Gasteiger partial charge in [-0.2, -0.15) is 5.48 Å². The summed E-state index contributed by atoms with van der Waals surface area (Å²) in [5, 5.41) is 12.1. The van der Waals surface area contributed by atoms with Crippen LogP contribution in [0, 0.1) is 0 Å². The van der Waals surface area contributed by atoms with E-state index >= 15 is 0 Å². The van der Waals surface area contributed by atoms with E-state index in [4.69, 9.17) is 21.2 Å². The number of carbonyl (C=O) groups excluding carboxylic acids is 2. The summed E-state index contributed by atoms with van der Waals surface area (Å²) in [4.78, 5) is 37.5. The molecule has 240 valence electrons. The molecule has 0 bridgehead atoms. The number of hydrogen-bond acceptors (Lipinski definition) is 9. The summed E-state index contributed by atoms with van der Waals surface area (Å²) in [5.74, 6) is -1.35. The van der Waals surface area contributed by atoms with Gasteiger partial charge in [0.15, 0.2) is 0 Å². The zero-order chi connectivity index (χ0) is 32.1. The van der Waals surface area contributed by atoms with Crippen molar-refractivity contribution in [3.05, 3.63) is 99.8 Å². The minimum Gasteiger partial charge on any atom is -0.469 e. The lowest BCUT2D eigenvalue weighted by molar-refractivity contribution is -0.139. The van der Waals surface area contributed by atoms with E-state index < -0.39 is 40.3 Å².